The van der Waals surface area contributed by atoms with E-state index in [9.17, 15) is 0 Å². The Hall–Kier alpha value is -1.89. The lowest BCUT2D eigenvalue weighted by atomic mass is 9.84. The van der Waals surface area contributed by atoms with Crippen molar-refractivity contribution in [3.8, 4) is 5.75 Å². The van der Waals surface area contributed by atoms with Crippen molar-refractivity contribution in [2.45, 2.75) is 58.0 Å². The summed E-state index contributed by atoms with van der Waals surface area (Å²) in [6.45, 7) is 10.1. The molecule has 174 valence electrons. The standard InChI is InChI=1S/C26H37N3O3/c1-19-5-7-24-23(14-19)26(32-27-24)21-4-3-9-29(17-21)16-20-6-8-25(30-2)22(15-20)18-28-10-12-31-13-11-28/h6,8,15,19,21H,3-5,7,9-14,16-18H2,1-2H3/t19-,21+/m0/s1. The second-order valence-electron chi connectivity index (χ2n) is 9.93. The first-order chi connectivity index (χ1) is 15.7. The van der Waals surface area contributed by atoms with E-state index in [-0.39, 0.29) is 0 Å². The van der Waals surface area contributed by atoms with Crippen LogP contribution in [0, 0.1) is 5.92 Å². The number of likely N-dealkylation sites (tertiary alicyclic amines) is 1. The van der Waals surface area contributed by atoms with E-state index >= 15 is 0 Å². The first-order valence-electron chi connectivity index (χ1n) is 12.3. The molecular weight excluding hydrogens is 402 g/mol. The van der Waals surface area contributed by atoms with Gasteiger partial charge in [-0.2, -0.15) is 0 Å². The summed E-state index contributed by atoms with van der Waals surface area (Å²) < 4.78 is 17.1. The second-order valence-corrected chi connectivity index (χ2v) is 9.93. The number of ether oxygens (including phenoxy) is 2. The maximum Gasteiger partial charge on any atom is 0.144 e. The van der Waals surface area contributed by atoms with Crippen molar-refractivity contribution in [1.82, 2.24) is 15.0 Å². The van der Waals surface area contributed by atoms with Crippen LogP contribution >= 0.6 is 0 Å². The summed E-state index contributed by atoms with van der Waals surface area (Å²) in [5.74, 6) is 3.37. The highest BCUT2D eigenvalue weighted by molar-refractivity contribution is 5.37. The van der Waals surface area contributed by atoms with Crippen molar-refractivity contribution < 1.29 is 14.0 Å². The molecule has 3 aliphatic rings. The molecule has 2 atom stereocenters. The van der Waals surface area contributed by atoms with E-state index < -0.39 is 0 Å². The lowest BCUT2D eigenvalue weighted by Crippen LogP contribution is -2.36. The zero-order valence-electron chi connectivity index (χ0n) is 19.6. The highest BCUT2D eigenvalue weighted by Crippen LogP contribution is 2.36. The number of rotatable bonds is 6. The van der Waals surface area contributed by atoms with Gasteiger partial charge in [0.25, 0.3) is 0 Å². The van der Waals surface area contributed by atoms with Crippen LogP contribution in [0.5, 0.6) is 5.75 Å². The molecule has 0 N–H and O–H groups in total. The average Bonchev–Trinajstić information content (AvgIpc) is 3.23. The molecule has 2 saturated heterocycles. The number of morpholine rings is 1. The first-order valence-corrected chi connectivity index (χ1v) is 12.3. The van der Waals surface area contributed by atoms with Crippen molar-refractivity contribution >= 4 is 0 Å². The summed E-state index contributed by atoms with van der Waals surface area (Å²) in [6, 6.07) is 6.71. The molecule has 5 rings (SSSR count). The molecule has 32 heavy (non-hydrogen) atoms. The van der Waals surface area contributed by atoms with E-state index in [0.717, 1.165) is 77.0 Å². The van der Waals surface area contributed by atoms with E-state index in [2.05, 4.69) is 40.1 Å². The van der Waals surface area contributed by atoms with Crippen LogP contribution in [-0.4, -0.2) is 61.5 Å². The Kier molecular flexibility index (Phi) is 6.81. The Balaban J connectivity index is 1.27. The molecule has 3 heterocycles. The van der Waals surface area contributed by atoms with E-state index in [1.54, 1.807) is 7.11 Å². The van der Waals surface area contributed by atoms with Crippen LogP contribution < -0.4 is 4.74 Å². The number of piperidine rings is 1. The smallest absolute Gasteiger partial charge is 0.144 e. The number of nitrogens with zero attached hydrogens (tertiary/aromatic N) is 3. The SMILES string of the molecule is COc1ccc(CN2CCC[C@@H](c3onc4c3C[C@@H](C)CC4)C2)cc1CN1CCOCC1. The minimum atomic E-state index is 0.469. The van der Waals surface area contributed by atoms with Crippen LogP contribution in [0.4, 0.5) is 0 Å². The third-order valence-electron chi connectivity index (χ3n) is 7.45. The van der Waals surface area contributed by atoms with E-state index in [0.29, 0.717) is 5.92 Å². The van der Waals surface area contributed by atoms with Crippen molar-refractivity contribution in [3.63, 3.8) is 0 Å². The van der Waals surface area contributed by atoms with E-state index in [1.165, 1.54) is 47.4 Å². The van der Waals surface area contributed by atoms with Gasteiger partial charge in [0.15, 0.2) is 0 Å². The summed E-state index contributed by atoms with van der Waals surface area (Å²) in [5.41, 5.74) is 5.28. The van der Waals surface area contributed by atoms with Crippen LogP contribution in [0.1, 0.15) is 60.2 Å². The largest absolute Gasteiger partial charge is 0.496 e. The molecule has 0 bridgehead atoms. The number of hydrogen-bond donors (Lipinski definition) is 0. The second kappa shape index (κ2) is 9.94. The molecule has 0 amide bonds. The van der Waals surface area contributed by atoms with Crippen LogP contribution in [0.25, 0.3) is 0 Å². The molecule has 0 spiro atoms. The predicted molar refractivity (Wildman–Crippen MR) is 124 cm³/mol. The van der Waals surface area contributed by atoms with Gasteiger partial charge in [-0.1, -0.05) is 18.1 Å². The van der Waals surface area contributed by atoms with Gasteiger partial charge in [0.1, 0.15) is 11.5 Å². The summed E-state index contributed by atoms with van der Waals surface area (Å²) >= 11 is 0. The molecule has 6 nitrogen and oxygen atoms in total. The van der Waals surface area contributed by atoms with Crippen LogP contribution in [-0.2, 0) is 30.7 Å². The molecule has 0 saturated carbocycles. The summed E-state index contributed by atoms with van der Waals surface area (Å²) in [4.78, 5) is 5.05. The maximum absolute atomic E-state index is 5.93. The van der Waals surface area contributed by atoms with Crippen molar-refractivity contribution in [2.75, 3.05) is 46.5 Å². The van der Waals surface area contributed by atoms with Crippen molar-refractivity contribution in [2.24, 2.45) is 5.92 Å². The van der Waals surface area contributed by atoms with Crippen molar-refractivity contribution in [1.29, 1.82) is 0 Å². The van der Waals surface area contributed by atoms with Crippen molar-refractivity contribution in [3.05, 3.63) is 46.3 Å². The van der Waals surface area contributed by atoms with Crippen LogP contribution in [0.2, 0.25) is 0 Å². The fourth-order valence-electron chi connectivity index (χ4n) is 5.65. The Morgan fingerprint density at radius 1 is 1.09 bits per heavy atom. The Labute approximate surface area is 191 Å². The highest BCUT2D eigenvalue weighted by Gasteiger charge is 2.31. The van der Waals surface area contributed by atoms with Crippen LogP contribution in [0.15, 0.2) is 22.7 Å². The molecule has 0 radical (unpaired) electrons. The van der Waals surface area contributed by atoms with E-state index in [4.69, 9.17) is 14.0 Å². The normalized spacial score (nSPS) is 24.9. The van der Waals surface area contributed by atoms with Gasteiger partial charge in [0.2, 0.25) is 0 Å². The Morgan fingerprint density at radius 2 is 1.97 bits per heavy atom. The minimum absolute atomic E-state index is 0.469. The lowest BCUT2D eigenvalue weighted by molar-refractivity contribution is 0.0338. The van der Waals surface area contributed by atoms with Gasteiger partial charge in [0.05, 0.1) is 26.0 Å². The molecule has 1 aliphatic carbocycles. The molecule has 0 unspecified atom stereocenters. The number of fused-ring (bicyclic) bond motifs is 1. The number of aryl methyl sites for hydroxylation is 1. The van der Waals surface area contributed by atoms with Gasteiger partial charge in [-0.25, -0.2) is 0 Å². The molecule has 2 aliphatic heterocycles. The molecule has 2 fully saturated rings. The highest BCUT2D eigenvalue weighted by atomic mass is 16.5. The monoisotopic (exact) mass is 439 g/mol. The summed E-state index contributed by atoms with van der Waals surface area (Å²) in [7, 11) is 1.77. The van der Waals surface area contributed by atoms with Crippen LogP contribution in [0.3, 0.4) is 0 Å². The van der Waals surface area contributed by atoms with Gasteiger partial charge in [-0.15, -0.1) is 0 Å². The number of aromatic nitrogens is 1. The molecule has 2 aromatic rings. The summed E-state index contributed by atoms with van der Waals surface area (Å²) in [5, 5.41) is 4.44. The predicted octanol–water partition coefficient (Wildman–Crippen LogP) is 4.02. The van der Waals surface area contributed by atoms with Gasteiger partial charge in [-0.05, 0) is 62.3 Å². The third kappa shape index (κ3) is 4.87. The zero-order chi connectivity index (χ0) is 21.9. The Morgan fingerprint density at radius 3 is 2.81 bits per heavy atom. The molecule has 1 aromatic carbocycles. The molecular formula is C26H37N3O3. The average molecular weight is 440 g/mol. The van der Waals surface area contributed by atoms with Gasteiger partial charge in [-0.3, -0.25) is 9.80 Å². The van der Waals surface area contributed by atoms with Gasteiger partial charge < -0.3 is 14.0 Å². The fraction of sp³-hybridized carbons (Fsp3) is 0.654. The quantitative estimate of drug-likeness (QED) is 0.678. The number of methoxy groups -OCH3 is 1. The Bertz CT molecular complexity index is 906. The number of hydrogen-bond acceptors (Lipinski definition) is 6. The summed E-state index contributed by atoms with van der Waals surface area (Å²) in [6.07, 6.45) is 5.87. The molecule has 6 heteroatoms. The zero-order valence-corrected chi connectivity index (χ0v) is 19.6. The minimum Gasteiger partial charge on any atom is -0.496 e. The third-order valence-corrected chi connectivity index (χ3v) is 7.45. The van der Waals surface area contributed by atoms with E-state index in [1.807, 2.05) is 0 Å². The fourth-order valence-corrected chi connectivity index (χ4v) is 5.65. The first kappa shape index (κ1) is 21.9. The number of benzene rings is 1. The van der Waals surface area contributed by atoms with Gasteiger partial charge in [0, 0.05) is 49.8 Å². The van der Waals surface area contributed by atoms with Gasteiger partial charge >= 0.3 is 0 Å². The lowest BCUT2D eigenvalue weighted by Gasteiger charge is -2.32. The molecule has 1 aromatic heterocycles. The topological polar surface area (TPSA) is 51.0 Å². The maximum atomic E-state index is 5.93.